The van der Waals surface area contributed by atoms with Gasteiger partial charge in [0.2, 0.25) is 6.36 Å². The van der Waals surface area contributed by atoms with E-state index >= 15 is 0 Å². The Morgan fingerprint density at radius 1 is 1.19 bits per heavy atom. The molecule has 0 spiro atoms. The van der Waals surface area contributed by atoms with Crippen molar-refractivity contribution >= 4 is 5.78 Å². The molecule has 0 amide bonds. The second-order valence-corrected chi connectivity index (χ2v) is 5.75. The third kappa shape index (κ3) is 3.10. The molecule has 3 rings (SSSR count). The van der Waals surface area contributed by atoms with Crippen molar-refractivity contribution < 1.29 is 29.2 Å². The third-order valence-electron chi connectivity index (χ3n) is 4.07. The van der Waals surface area contributed by atoms with Crippen molar-refractivity contribution in [2.45, 2.75) is 30.9 Å². The summed E-state index contributed by atoms with van der Waals surface area (Å²) in [7, 11) is 0. The Balaban J connectivity index is 2.03. The van der Waals surface area contributed by atoms with E-state index in [-0.39, 0.29) is 5.56 Å². The summed E-state index contributed by atoms with van der Waals surface area (Å²) in [5, 5.41) is 28.7. The molecule has 4 N–H and O–H groups in total. The lowest BCUT2D eigenvalue weighted by atomic mass is 10.1. The lowest BCUT2D eigenvalue weighted by molar-refractivity contribution is -0.131. The maximum Gasteiger partial charge on any atom is 0.330 e. The molecule has 1 saturated heterocycles. The number of ether oxygens (including phenoxy) is 1. The average molecular weight is 366 g/mol. The van der Waals surface area contributed by atoms with Crippen LogP contribution in [0, 0.1) is 0 Å². The molecule has 1 fully saturated rings. The summed E-state index contributed by atoms with van der Waals surface area (Å²) in [6.07, 6.45) is -8.71. The highest BCUT2D eigenvalue weighted by atomic mass is 19.1. The van der Waals surface area contributed by atoms with Gasteiger partial charge in [0.1, 0.15) is 23.9 Å². The molecule has 138 valence electrons. The van der Waals surface area contributed by atoms with Crippen molar-refractivity contribution in [1.82, 2.24) is 9.55 Å². The fourth-order valence-corrected chi connectivity index (χ4v) is 2.72. The second kappa shape index (κ2) is 6.92. The molecule has 10 heteroatoms. The number of H-pyrrole nitrogens is 1. The van der Waals surface area contributed by atoms with Crippen LogP contribution < -0.4 is 11.2 Å². The van der Waals surface area contributed by atoms with E-state index in [1.807, 2.05) is 4.98 Å². The van der Waals surface area contributed by atoms with E-state index in [4.69, 9.17) is 9.84 Å². The quantitative estimate of drug-likeness (QED) is 0.491. The van der Waals surface area contributed by atoms with Crippen LogP contribution in [-0.2, 0) is 4.74 Å². The summed E-state index contributed by atoms with van der Waals surface area (Å²) < 4.78 is 18.7. The molecule has 2 heterocycles. The number of nitrogens with zero attached hydrogens (tertiary/aromatic N) is 1. The molecular formula is C16H15FN2O7. The number of nitrogens with one attached hydrogen (secondary N) is 1. The van der Waals surface area contributed by atoms with Crippen molar-refractivity contribution in [3.8, 4) is 0 Å². The topological polar surface area (TPSA) is 142 Å². The summed E-state index contributed by atoms with van der Waals surface area (Å²) in [5.41, 5.74) is -2.21. The van der Waals surface area contributed by atoms with E-state index in [1.165, 1.54) is 12.1 Å². The van der Waals surface area contributed by atoms with Gasteiger partial charge in [-0.1, -0.05) is 30.3 Å². The molecule has 5 atom stereocenters. The zero-order chi connectivity index (χ0) is 19.0. The van der Waals surface area contributed by atoms with Gasteiger partial charge in [0.25, 0.3) is 5.56 Å². The first-order valence-corrected chi connectivity index (χ1v) is 7.60. The number of aromatic nitrogens is 2. The summed E-state index contributed by atoms with van der Waals surface area (Å²) in [6.45, 7) is 0. The Morgan fingerprint density at radius 3 is 2.42 bits per heavy atom. The predicted molar refractivity (Wildman–Crippen MR) is 84.2 cm³/mol. The minimum Gasteiger partial charge on any atom is -0.387 e. The predicted octanol–water partition coefficient (Wildman–Crippen LogP) is -1.33. The Hall–Kier alpha value is -2.66. The van der Waals surface area contributed by atoms with Crippen LogP contribution in [0.2, 0.25) is 0 Å². The van der Waals surface area contributed by atoms with Crippen LogP contribution in [-0.4, -0.2) is 55.3 Å². The van der Waals surface area contributed by atoms with Crippen LogP contribution in [0.5, 0.6) is 0 Å². The molecule has 1 aromatic carbocycles. The largest absolute Gasteiger partial charge is 0.387 e. The molecular weight excluding hydrogens is 351 g/mol. The van der Waals surface area contributed by atoms with Gasteiger partial charge in [-0.15, -0.1) is 0 Å². The second-order valence-electron chi connectivity index (χ2n) is 5.75. The van der Waals surface area contributed by atoms with Crippen LogP contribution in [0.4, 0.5) is 4.39 Å². The molecule has 1 aliphatic heterocycles. The number of rotatable bonds is 4. The lowest BCUT2D eigenvalue weighted by Crippen LogP contribution is -2.40. The fourth-order valence-electron chi connectivity index (χ4n) is 2.72. The van der Waals surface area contributed by atoms with Gasteiger partial charge < -0.3 is 20.1 Å². The van der Waals surface area contributed by atoms with E-state index in [0.29, 0.717) is 4.57 Å². The van der Waals surface area contributed by atoms with Gasteiger partial charge in [-0.25, -0.2) is 9.18 Å². The summed E-state index contributed by atoms with van der Waals surface area (Å²) in [5.74, 6) is -0.685. The Kier molecular flexibility index (Phi) is 4.83. The molecule has 1 aliphatic rings. The van der Waals surface area contributed by atoms with E-state index in [1.54, 1.807) is 18.2 Å². The summed E-state index contributed by atoms with van der Waals surface area (Å²) in [6, 6.07) is 7.79. The van der Waals surface area contributed by atoms with Gasteiger partial charge in [0, 0.05) is 11.8 Å². The highest BCUT2D eigenvalue weighted by molar-refractivity contribution is 6.08. The Morgan fingerprint density at radius 2 is 1.85 bits per heavy atom. The van der Waals surface area contributed by atoms with Gasteiger partial charge in [-0.05, 0) is 0 Å². The Bertz CT molecular complexity index is 924. The van der Waals surface area contributed by atoms with Gasteiger partial charge >= 0.3 is 5.69 Å². The molecule has 26 heavy (non-hydrogen) atoms. The van der Waals surface area contributed by atoms with Crippen molar-refractivity contribution in [1.29, 1.82) is 0 Å². The van der Waals surface area contributed by atoms with Crippen molar-refractivity contribution in [2.75, 3.05) is 0 Å². The van der Waals surface area contributed by atoms with Gasteiger partial charge in [0.15, 0.2) is 12.0 Å². The van der Waals surface area contributed by atoms with Crippen LogP contribution in [0.1, 0.15) is 22.1 Å². The maximum atomic E-state index is 13.1. The van der Waals surface area contributed by atoms with Crippen molar-refractivity contribution in [2.24, 2.45) is 0 Å². The molecule has 0 saturated carbocycles. The number of hydrogen-bond donors (Lipinski definition) is 4. The zero-order valence-corrected chi connectivity index (χ0v) is 13.2. The third-order valence-corrected chi connectivity index (χ3v) is 4.07. The first-order chi connectivity index (χ1) is 12.3. The number of ketones is 1. The monoisotopic (exact) mass is 366 g/mol. The van der Waals surface area contributed by atoms with Crippen LogP contribution in [0.25, 0.3) is 0 Å². The molecule has 0 radical (unpaired) electrons. The number of carbonyl (C=O) groups is 1. The molecule has 0 aliphatic carbocycles. The fraction of sp³-hybridized carbons (Fsp3) is 0.312. The molecule has 2 aromatic rings. The lowest BCUT2D eigenvalue weighted by Gasteiger charge is -2.17. The normalized spacial score (nSPS) is 26.6. The molecule has 1 aromatic heterocycles. The minimum atomic E-state index is -2.60. The van der Waals surface area contributed by atoms with Crippen LogP contribution >= 0.6 is 0 Å². The van der Waals surface area contributed by atoms with E-state index in [9.17, 15) is 29.0 Å². The van der Waals surface area contributed by atoms with Crippen LogP contribution in [0.3, 0.4) is 0 Å². The number of aliphatic hydroxyl groups excluding tert-OH is 3. The Labute approximate surface area is 144 Å². The molecule has 9 nitrogen and oxygen atoms in total. The summed E-state index contributed by atoms with van der Waals surface area (Å²) >= 11 is 0. The zero-order valence-electron chi connectivity index (χ0n) is 13.2. The first kappa shape index (κ1) is 18.1. The van der Waals surface area contributed by atoms with Crippen molar-refractivity contribution in [3.05, 3.63) is 68.5 Å². The van der Waals surface area contributed by atoms with Gasteiger partial charge in [-0.3, -0.25) is 19.1 Å². The van der Waals surface area contributed by atoms with E-state index in [2.05, 4.69) is 0 Å². The first-order valence-electron chi connectivity index (χ1n) is 7.60. The molecule has 1 unspecified atom stereocenters. The van der Waals surface area contributed by atoms with Gasteiger partial charge in [0.05, 0.1) is 0 Å². The number of aliphatic hydroxyl groups is 3. The van der Waals surface area contributed by atoms with Gasteiger partial charge in [-0.2, -0.15) is 0 Å². The molecule has 0 bridgehead atoms. The standard InChI is InChI=1S/C16H15FN2O7/c17-13(23)12-10(21)11(22)15(26-12)19-6-8(14(24)18-16(19)25)9(20)7-4-2-1-3-5-7/h1-6,10-13,15,21-23H,(H,18,24,25)/t10-,11+,12-,13?,15+/m0/s1. The van der Waals surface area contributed by atoms with Crippen LogP contribution in [0.15, 0.2) is 46.1 Å². The maximum absolute atomic E-state index is 13.1. The highest BCUT2D eigenvalue weighted by Gasteiger charge is 2.47. The number of alkyl halides is 1. The number of carbonyl (C=O) groups excluding carboxylic acids is 1. The number of aromatic amines is 1. The van der Waals surface area contributed by atoms with E-state index in [0.717, 1.165) is 6.20 Å². The summed E-state index contributed by atoms with van der Waals surface area (Å²) in [4.78, 5) is 38.4. The smallest absolute Gasteiger partial charge is 0.330 e. The number of benzene rings is 1. The van der Waals surface area contributed by atoms with Crippen molar-refractivity contribution in [3.63, 3.8) is 0 Å². The highest BCUT2D eigenvalue weighted by Crippen LogP contribution is 2.30. The minimum absolute atomic E-state index is 0.188. The SMILES string of the molecule is O=C(c1ccccc1)c1cn([C@@H]2O[C@H](C(O)F)[C@@H](O)[C@H]2O)c(=O)[nH]c1=O. The number of hydrogen-bond acceptors (Lipinski definition) is 7. The average Bonchev–Trinajstić information content (AvgIpc) is 2.91. The van der Waals surface area contributed by atoms with E-state index < -0.39 is 53.5 Å². The number of halogens is 1.